The lowest BCUT2D eigenvalue weighted by atomic mass is 9.96. The van der Waals surface area contributed by atoms with Crippen molar-refractivity contribution in [3.8, 4) is 0 Å². The summed E-state index contributed by atoms with van der Waals surface area (Å²) in [6, 6.07) is 28.4. The number of carbonyl (C=O) groups excluding carboxylic acids is 2. The van der Waals surface area contributed by atoms with Crippen LogP contribution in [0.4, 0.5) is 18.9 Å². The lowest BCUT2D eigenvalue weighted by Crippen LogP contribution is -2.40. The summed E-state index contributed by atoms with van der Waals surface area (Å²) in [5, 5.41) is 0. The first-order valence-corrected chi connectivity index (χ1v) is 12.9. The SMILES string of the molecule is Cc1ccc(N(CCc2ccc(C(F)(F)F)cc2)C(=O)[C@@H](C(=O)OCc2ccccc2)c2ccccc2)cc1C. The van der Waals surface area contributed by atoms with Crippen LogP contribution in [0.5, 0.6) is 0 Å². The number of hydrogen-bond donors (Lipinski definition) is 0. The molecule has 0 bridgehead atoms. The van der Waals surface area contributed by atoms with E-state index in [1.165, 1.54) is 17.0 Å². The number of halogens is 3. The summed E-state index contributed by atoms with van der Waals surface area (Å²) in [6.45, 7) is 4.06. The van der Waals surface area contributed by atoms with Crippen LogP contribution in [0.25, 0.3) is 0 Å². The van der Waals surface area contributed by atoms with Gasteiger partial charge in [0.25, 0.3) is 0 Å². The Bertz CT molecular complexity index is 1440. The summed E-state index contributed by atoms with van der Waals surface area (Å²) in [7, 11) is 0. The Morgan fingerprint density at radius 3 is 2.00 bits per heavy atom. The molecule has 0 radical (unpaired) electrons. The van der Waals surface area contributed by atoms with Crippen molar-refractivity contribution in [2.75, 3.05) is 11.4 Å². The number of anilines is 1. The second-order valence-electron chi connectivity index (χ2n) is 9.64. The molecule has 4 aromatic carbocycles. The van der Waals surface area contributed by atoms with Gasteiger partial charge in [0.15, 0.2) is 5.92 Å². The van der Waals surface area contributed by atoms with E-state index in [9.17, 15) is 22.8 Å². The molecular weight excluding hydrogens is 515 g/mol. The molecule has 4 nitrogen and oxygen atoms in total. The van der Waals surface area contributed by atoms with E-state index in [0.29, 0.717) is 16.8 Å². The summed E-state index contributed by atoms with van der Waals surface area (Å²) < 4.78 is 44.7. The van der Waals surface area contributed by atoms with Gasteiger partial charge in [-0.2, -0.15) is 13.2 Å². The van der Waals surface area contributed by atoms with E-state index in [-0.39, 0.29) is 19.6 Å². The molecule has 0 aliphatic carbocycles. The minimum atomic E-state index is -4.43. The summed E-state index contributed by atoms with van der Waals surface area (Å²) >= 11 is 0. The predicted molar refractivity (Wildman–Crippen MR) is 149 cm³/mol. The minimum Gasteiger partial charge on any atom is -0.460 e. The number of alkyl halides is 3. The molecule has 0 fully saturated rings. The van der Waals surface area contributed by atoms with Crippen LogP contribution in [0.2, 0.25) is 0 Å². The van der Waals surface area contributed by atoms with Crippen molar-refractivity contribution < 1.29 is 27.5 Å². The van der Waals surface area contributed by atoms with Crippen LogP contribution in [0, 0.1) is 13.8 Å². The Kier molecular flexibility index (Phi) is 9.04. The molecule has 0 saturated carbocycles. The van der Waals surface area contributed by atoms with Gasteiger partial charge in [0.2, 0.25) is 5.91 Å². The molecule has 0 spiro atoms. The molecule has 206 valence electrons. The van der Waals surface area contributed by atoms with Crippen molar-refractivity contribution in [1.82, 2.24) is 0 Å². The Hall–Kier alpha value is -4.39. The zero-order chi connectivity index (χ0) is 28.7. The molecule has 1 amide bonds. The van der Waals surface area contributed by atoms with Crippen LogP contribution in [-0.2, 0) is 33.5 Å². The maximum absolute atomic E-state index is 14.2. The van der Waals surface area contributed by atoms with Crippen molar-refractivity contribution in [1.29, 1.82) is 0 Å². The van der Waals surface area contributed by atoms with E-state index in [1.54, 1.807) is 30.3 Å². The average Bonchev–Trinajstić information content (AvgIpc) is 2.95. The minimum absolute atomic E-state index is 0.0193. The normalized spacial score (nSPS) is 12.0. The van der Waals surface area contributed by atoms with Crippen molar-refractivity contribution in [3.63, 3.8) is 0 Å². The number of amides is 1. The van der Waals surface area contributed by atoms with Crippen molar-refractivity contribution in [2.45, 2.75) is 39.0 Å². The molecule has 0 saturated heterocycles. The van der Waals surface area contributed by atoms with Crippen LogP contribution in [0.15, 0.2) is 103 Å². The Morgan fingerprint density at radius 1 is 0.775 bits per heavy atom. The number of hydrogen-bond acceptors (Lipinski definition) is 3. The molecule has 0 aliphatic rings. The maximum Gasteiger partial charge on any atom is 0.416 e. The quantitative estimate of drug-likeness (QED) is 0.162. The highest BCUT2D eigenvalue weighted by atomic mass is 19.4. The number of nitrogens with zero attached hydrogens (tertiary/aromatic N) is 1. The smallest absolute Gasteiger partial charge is 0.416 e. The summed E-state index contributed by atoms with van der Waals surface area (Å²) in [4.78, 5) is 29.1. The number of esters is 1. The third kappa shape index (κ3) is 7.17. The Morgan fingerprint density at radius 2 is 1.40 bits per heavy atom. The fraction of sp³-hybridized carbons (Fsp3) is 0.212. The number of ether oxygens (including phenoxy) is 1. The second-order valence-corrected chi connectivity index (χ2v) is 9.64. The van der Waals surface area contributed by atoms with E-state index < -0.39 is 29.5 Å². The maximum atomic E-state index is 14.2. The number of benzene rings is 4. The van der Waals surface area contributed by atoms with E-state index in [1.807, 2.05) is 62.4 Å². The molecule has 0 aliphatic heterocycles. The fourth-order valence-electron chi connectivity index (χ4n) is 4.35. The first kappa shape index (κ1) is 28.6. The second kappa shape index (κ2) is 12.6. The van der Waals surface area contributed by atoms with Gasteiger partial charge >= 0.3 is 12.1 Å². The first-order valence-electron chi connectivity index (χ1n) is 12.9. The van der Waals surface area contributed by atoms with Gasteiger partial charge in [-0.3, -0.25) is 9.59 Å². The number of rotatable bonds is 9. The number of aryl methyl sites for hydroxylation is 2. The predicted octanol–water partition coefficient (Wildman–Crippen LogP) is 7.43. The standard InChI is InChI=1S/C33H30F3NO3/c1-23-13-18-29(21-24(23)2)37(20-19-25-14-16-28(17-15-25)33(34,35)36)31(38)30(27-11-7-4-8-12-27)32(39)40-22-26-9-5-3-6-10-26/h3-18,21,30H,19-20,22H2,1-2H3/t30-/m0/s1. The topological polar surface area (TPSA) is 46.6 Å². The monoisotopic (exact) mass is 545 g/mol. The highest BCUT2D eigenvalue weighted by molar-refractivity contribution is 6.10. The van der Waals surface area contributed by atoms with Crippen LogP contribution < -0.4 is 4.90 Å². The van der Waals surface area contributed by atoms with Crippen molar-refractivity contribution >= 4 is 17.6 Å². The van der Waals surface area contributed by atoms with Gasteiger partial charge in [-0.25, -0.2) is 0 Å². The van der Waals surface area contributed by atoms with Crippen LogP contribution in [-0.4, -0.2) is 18.4 Å². The van der Waals surface area contributed by atoms with Gasteiger partial charge in [-0.1, -0.05) is 78.9 Å². The summed E-state index contributed by atoms with van der Waals surface area (Å²) in [5.41, 5.74) is 3.80. The molecule has 0 unspecified atom stereocenters. The third-order valence-corrected chi connectivity index (χ3v) is 6.81. The highest BCUT2D eigenvalue weighted by Gasteiger charge is 2.35. The highest BCUT2D eigenvalue weighted by Crippen LogP contribution is 2.30. The molecule has 0 heterocycles. The van der Waals surface area contributed by atoms with Crippen LogP contribution in [0.3, 0.4) is 0 Å². The molecular formula is C33H30F3NO3. The van der Waals surface area contributed by atoms with Gasteiger partial charge in [0, 0.05) is 12.2 Å². The lowest BCUT2D eigenvalue weighted by Gasteiger charge is -2.28. The van der Waals surface area contributed by atoms with Crippen molar-refractivity contribution in [3.05, 3.63) is 137 Å². The van der Waals surface area contributed by atoms with E-state index in [4.69, 9.17) is 4.74 Å². The van der Waals surface area contributed by atoms with Gasteiger partial charge in [0.05, 0.1) is 5.56 Å². The molecule has 40 heavy (non-hydrogen) atoms. The zero-order valence-corrected chi connectivity index (χ0v) is 22.3. The molecule has 4 rings (SSSR count). The molecule has 7 heteroatoms. The first-order chi connectivity index (χ1) is 19.1. The van der Waals surface area contributed by atoms with E-state index in [2.05, 4.69) is 0 Å². The van der Waals surface area contributed by atoms with Gasteiger partial charge in [0.1, 0.15) is 6.61 Å². The van der Waals surface area contributed by atoms with Crippen molar-refractivity contribution in [2.24, 2.45) is 0 Å². The molecule has 0 N–H and O–H groups in total. The molecule has 1 atom stereocenters. The lowest BCUT2D eigenvalue weighted by molar-refractivity contribution is -0.149. The Labute approximate surface area is 232 Å². The number of carbonyl (C=O) groups is 2. The van der Waals surface area contributed by atoms with Gasteiger partial charge in [-0.05, 0) is 72.4 Å². The Balaban J connectivity index is 1.64. The third-order valence-electron chi connectivity index (χ3n) is 6.81. The zero-order valence-electron chi connectivity index (χ0n) is 22.3. The summed E-state index contributed by atoms with van der Waals surface area (Å²) in [6.07, 6.45) is -4.14. The van der Waals surface area contributed by atoms with E-state index in [0.717, 1.165) is 28.8 Å². The van der Waals surface area contributed by atoms with Gasteiger partial charge in [-0.15, -0.1) is 0 Å². The average molecular weight is 546 g/mol. The van der Waals surface area contributed by atoms with Crippen LogP contribution in [0.1, 0.15) is 39.3 Å². The van der Waals surface area contributed by atoms with Gasteiger partial charge < -0.3 is 9.64 Å². The molecule has 0 aromatic heterocycles. The largest absolute Gasteiger partial charge is 0.460 e. The fourth-order valence-corrected chi connectivity index (χ4v) is 4.35. The van der Waals surface area contributed by atoms with E-state index >= 15 is 0 Å². The van der Waals surface area contributed by atoms with Crippen LogP contribution >= 0.6 is 0 Å². The summed E-state index contributed by atoms with van der Waals surface area (Å²) in [5.74, 6) is -2.37. The molecule has 4 aromatic rings.